The Hall–Kier alpha value is -1.82. The molecule has 0 nitrogen and oxygen atoms in total. The largest absolute Gasteiger partial charge is 0.0669 e. The molecule has 0 saturated carbocycles. The second-order valence-corrected chi connectivity index (χ2v) is 8.74. The fourth-order valence-electron chi connectivity index (χ4n) is 6.06. The molecule has 0 heterocycles. The molecule has 0 aromatic heterocycles. The number of allylic oxidation sites excluding steroid dienone is 2. The fourth-order valence-corrected chi connectivity index (χ4v) is 6.06. The highest BCUT2D eigenvalue weighted by Gasteiger charge is 2.64. The minimum absolute atomic E-state index is 0.000394. The topological polar surface area (TPSA) is 0 Å². The first kappa shape index (κ1) is 15.7. The van der Waals surface area contributed by atoms with Crippen molar-refractivity contribution in [1.29, 1.82) is 0 Å². The van der Waals surface area contributed by atoms with Gasteiger partial charge in [0, 0.05) is 16.2 Å². The van der Waals surface area contributed by atoms with E-state index in [1.54, 1.807) is 11.1 Å². The zero-order valence-electron chi connectivity index (χ0n) is 15.8. The van der Waals surface area contributed by atoms with Crippen LogP contribution in [-0.4, -0.2) is 0 Å². The lowest BCUT2D eigenvalue weighted by Crippen LogP contribution is -2.52. The predicted molar refractivity (Wildman–Crippen MR) is 102 cm³/mol. The van der Waals surface area contributed by atoms with Crippen molar-refractivity contribution in [3.8, 4) is 0 Å². The third kappa shape index (κ3) is 1.51. The molecular formula is C24H28. The Morgan fingerprint density at radius 1 is 0.625 bits per heavy atom. The van der Waals surface area contributed by atoms with Crippen LogP contribution in [0.4, 0.5) is 0 Å². The van der Waals surface area contributed by atoms with E-state index in [2.05, 4.69) is 90.1 Å². The van der Waals surface area contributed by atoms with E-state index >= 15 is 0 Å². The van der Waals surface area contributed by atoms with Crippen molar-refractivity contribution in [2.24, 2.45) is 10.8 Å². The molecule has 0 atom stereocenters. The summed E-state index contributed by atoms with van der Waals surface area (Å²) in [6.07, 6.45) is 1.05. The molecule has 2 aliphatic carbocycles. The number of hydrogen-bond acceptors (Lipinski definition) is 0. The molecule has 2 aliphatic rings. The molecule has 2 aromatic rings. The van der Waals surface area contributed by atoms with Gasteiger partial charge in [0.15, 0.2) is 0 Å². The van der Waals surface area contributed by atoms with Crippen molar-refractivity contribution in [3.05, 3.63) is 81.9 Å². The van der Waals surface area contributed by atoms with Gasteiger partial charge in [0.05, 0.1) is 0 Å². The van der Waals surface area contributed by atoms with E-state index in [0.717, 1.165) is 6.42 Å². The maximum absolute atomic E-state index is 2.46. The summed E-state index contributed by atoms with van der Waals surface area (Å²) >= 11 is 0. The average molecular weight is 316 g/mol. The maximum Gasteiger partial charge on any atom is 0.0384 e. The van der Waals surface area contributed by atoms with Gasteiger partial charge in [0.1, 0.15) is 0 Å². The second-order valence-electron chi connectivity index (χ2n) is 8.74. The summed E-state index contributed by atoms with van der Waals surface area (Å²) in [4.78, 5) is 0. The number of fused-ring (bicyclic) bond motifs is 4. The van der Waals surface area contributed by atoms with Gasteiger partial charge in [-0.25, -0.2) is 0 Å². The summed E-state index contributed by atoms with van der Waals surface area (Å²) in [6, 6.07) is 18.3. The molecule has 0 aliphatic heterocycles. The average Bonchev–Trinajstić information content (AvgIpc) is 2.66. The first-order chi connectivity index (χ1) is 11.3. The van der Waals surface area contributed by atoms with Crippen molar-refractivity contribution in [1.82, 2.24) is 0 Å². The molecule has 4 rings (SSSR count). The first-order valence-corrected chi connectivity index (χ1v) is 9.11. The van der Waals surface area contributed by atoms with Crippen LogP contribution < -0.4 is 0 Å². The van der Waals surface area contributed by atoms with E-state index in [0.29, 0.717) is 0 Å². The molecule has 0 amide bonds. The van der Waals surface area contributed by atoms with Crippen molar-refractivity contribution < 1.29 is 0 Å². The van der Waals surface area contributed by atoms with Gasteiger partial charge in [-0.2, -0.15) is 0 Å². The van der Waals surface area contributed by atoms with Crippen LogP contribution in [0.5, 0.6) is 0 Å². The van der Waals surface area contributed by atoms with Gasteiger partial charge >= 0.3 is 0 Å². The number of rotatable bonds is 0. The minimum atomic E-state index is -0.000394. The highest BCUT2D eigenvalue weighted by molar-refractivity contribution is 5.62. The molecule has 0 fully saturated rings. The van der Waals surface area contributed by atoms with Crippen LogP contribution in [0.15, 0.2) is 59.7 Å². The molecular weight excluding hydrogens is 288 g/mol. The molecule has 0 radical (unpaired) electrons. The van der Waals surface area contributed by atoms with Crippen LogP contribution in [0.1, 0.15) is 63.8 Å². The third-order valence-electron chi connectivity index (χ3n) is 7.54. The summed E-state index contributed by atoms with van der Waals surface area (Å²) in [5.41, 5.74) is 9.36. The molecule has 0 unspecified atom stereocenters. The van der Waals surface area contributed by atoms with Crippen molar-refractivity contribution >= 4 is 0 Å². The van der Waals surface area contributed by atoms with Crippen molar-refractivity contribution in [2.75, 3.05) is 0 Å². The lowest BCUT2D eigenvalue weighted by molar-refractivity contribution is 0.150. The van der Waals surface area contributed by atoms with Crippen LogP contribution in [0, 0.1) is 10.8 Å². The highest BCUT2D eigenvalue weighted by Crippen LogP contribution is 2.70. The Labute approximate surface area is 146 Å². The Kier molecular flexibility index (Phi) is 3.02. The molecule has 0 N–H and O–H groups in total. The molecule has 0 heteroatoms. The zero-order valence-corrected chi connectivity index (χ0v) is 15.8. The monoisotopic (exact) mass is 316 g/mol. The Balaban J connectivity index is 2.20. The van der Waals surface area contributed by atoms with E-state index in [9.17, 15) is 0 Å². The van der Waals surface area contributed by atoms with E-state index < -0.39 is 0 Å². The Morgan fingerprint density at radius 3 is 1.42 bits per heavy atom. The highest BCUT2D eigenvalue weighted by atomic mass is 14.7. The molecule has 24 heavy (non-hydrogen) atoms. The Bertz CT molecular complexity index is 790. The lowest BCUT2D eigenvalue weighted by Gasteiger charge is -2.55. The predicted octanol–water partition coefficient (Wildman–Crippen LogP) is 6.28. The normalized spacial score (nSPS) is 22.4. The van der Waals surface area contributed by atoms with Crippen LogP contribution in [0.25, 0.3) is 0 Å². The standard InChI is InChI=1S/C24H28/c1-16-17(2)23(5,6)24(22(16,3)4)20-13-9-7-11-18(20)15-19-12-8-10-14-21(19)24/h7-14H,15H2,1-6H3. The third-order valence-corrected chi connectivity index (χ3v) is 7.54. The van der Waals surface area contributed by atoms with Gasteiger partial charge in [-0.3, -0.25) is 0 Å². The van der Waals surface area contributed by atoms with Gasteiger partial charge in [-0.15, -0.1) is 0 Å². The summed E-state index contributed by atoms with van der Waals surface area (Å²) in [7, 11) is 0. The molecule has 1 spiro atoms. The van der Waals surface area contributed by atoms with Crippen molar-refractivity contribution in [2.45, 2.75) is 53.4 Å². The minimum Gasteiger partial charge on any atom is -0.0669 e. The summed E-state index contributed by atoms with van der Waals surface area (Å²) in [5.74, 6) is 0. The van der Waals surface area contributed by atoms with Crippen LogP contribution in [-0.2, 0) is 11.8 Å². The number of hydrogen-bond donors (Lipinski definition) is 0. The van der Waals surface area contributed by atoms with E-state index in [1.165, 1.54) is 22.3 Å². The van der Waals surface area contributed by atoms with Gasteiger partial charge in [0.25, 0.3) is 0 Å². The van der Waals surface area contributed by atoms with Gasteiger partial charge in [-0.1, -0.05) is 87.4 Å². The molecule has 0 saturated heterocycles. The van der Waals surface area contributed by atoms with Gasteiger partial charge in [0.2, 0.25) is 0 Å². The SMILES string of the molecule is CC1=C(C)C(C)(C)C2(c3ccccc3Cc3ccccc32)C1(C)C. The summed E-state index contributed by atoms with van der Waals surface area (Å²) < 4.78 is 0. The van der Waals surface area contributed by atoms with Gasteiger partial charge in [-0.05, 0) is 42.5 Å². The van der Waals surface area contributed by atoms with E-state index in [1.807, 2.05) is 0 Å². The number of benzene rings is 2. The molecule has 124 valence electrons. The summed E-state index contributed by atoms with van der Waals surface area (Å²) in [5, 5.41) is 0. The first-order valence-electron chi connectivity index (χ1n) is 9.11. The van der Waals surface area contributed by atoms with Gasteiger partial charge < -0.3 is 0 Å². The lowest BCUT2D eigenvalue weighted by atomic mass is 9.47. The van der Waals surface area contributed by atoms with Crippen molar-refractivity contribution in [3.63, 3.8) is 0 Å². The van der Waals surface area contributed by atoms with Crippen LogP contribution >= 0.6 is 0 Å². The Morgan fingerprint density at radius 2 is 1.00 bits per heavy atom. The van der Waals surface area contributed by atoms with Crippen LogP contribution in [0.2, 0.25) is 0 Å². The quantitative estimate of drug-likeness (QED) is 0.502. The zero-order chi connectivity index (χ0) is 17.3. The fraction of sp³-hybridized carbons (Fsp3) is 0.417. The molecule has 0 bridgehead atoms. The maximum atomic E-state index is 2.46. The smallest absolute Gasteiger partial charge is 0.0384 e. The molecule has 2 aromatic carbocycles. The second kappa shape index (κ2) is 4.63. The van der Waals surface area contributed by atoms with E-state index in [4.69, 9.17) is 0 Å². The summed E-state index contributed by atoms with van der Waals surface area (Å²) in [6.45, 7) is 14.5. The van der Waals surface area contributed by atoms with E-state index in [-0.39, 0.29) is 16.2 Å². The van der Waals surface area contributed by atoms with Crippen LogP contribution in [0.3, 0.4) is 0 Å².